The fraction of sp³-hybridized carbons (Fsp3) is 0.400. The van der Waals surface area contributed by atoms with Crippen molar-refractivity contribution in [2.24, 2.45) is 0 Å². The number of aliphatic hydroxyl groups excluding tert-OH is 1. The van der Waals surface area contributed by atoms with Gasteiger partial charge in [0.1, 0.15) is 5.75 Å². The summed E-state index contributed by atoms with van der Waals surface area (Å²) in [6, 6.07) is 11.1. The first-order valence-electron chi connectivity index (χ1n) is 8.64. The van der Waals surface area contributed by atoms with Crippen molar-refractivity contribution in [2.75, 3.05) is 26.0 Å². The van der Waals surface area contributed by atoms with Crippen LogP contribution in [0.5, 0.6) is 5.75 Å². The van der Waals surface area contributed by atoms with E-state index in [4.69, 9.17) is 23.2 Å². The Balaban J connectivity index is 1.93. The van der Waals surface area contributed by atoms with Gasteiger partial charge in [-0.25, -0.2) is 0 Å². The van der Waals surface area contributed by atoms with Gasteiger partial charge in [0, 0.05) is 19.6 Å². The van der Waals surface area contributed by atoms with E-state index >= 15 is 0 Å². The Labute approximate surface area is 165 Å². The van der Waals surface area contributed by atoms with Crippen molar-refractivity contribution < 1.29 is 10.2 Å². The molecule has 2 atom stereocenters. The van der Waals surface area contributed by atoms with Crippen molar-refractivity contribution in [1.82, 2.24) is 4.90 Å². The number of phenolic OH excluding ortho intramolecular Hbond substituents is 1. The zero-order chi connectivity index (χ0) is 19.3. The monoisotopic (exact) mass is 396 g/mol. The SMILES string of the molecule is CNc1c(Cl)cc(C(O)CN(C)C(C)CCc2ccc(O)cc2)cc1Cl. The molecule has 0 saturated carbocycles. The number of nitrogens with zero attached hydrogens (tertiary/aromatic N) is 1. The van der Waals surface area contributed by atoms with Crippen LogP contribution in [0.4, 0.5) is 5.69 Å². The van der Waals surface area contributed by atoms with Crippen LogP contribution < -0.4 is 5.32 Å². The maximum atomic E-state index is 10.6. The third kappa shape index (κ3) is 5.52. The molecule has 0 aliphatic heterocycles. The molecule has 4 nitrogen and oxygen atoms in total. The summed E-state index contributed by atoms with van der Waals surface area (Å²) in [5.41, 5.74) is 2.56. The lowest BCUT2D eigenvalue weighted by Gasteiger charge is -2.27. The van der Waals surface area contributed by atoms with Crippen molar-refractivity contribution in [3.63, 3.8) is 0 Å². The van der Waals surface area contributed by atoms with Gasteiger partial charge in [-0.2, -0.15) is 0 Å². The van der Waals surface area contributed by atoms with Gasteiger partial charge >= 0.3 is 0 Å². The Kier molecular flexibility index (Phi) is 7.59. The number of hydrogen-bond acceptors (Lipinski definition) is 4. The van der Waals surface area contributed by atoms with Crippen LogP contribution in [0.15, 0.2) is 36.4 Å². The summed E-state index contributed by atoms with van der Waals surface area (Å²) in [6.45, 7) is 2.62. The molecule has 0 fully saturated rings. The van der Waals surface area contributed by atoms with Crippen LogP contribution in [0.3, 0.4) is 0 Å². The molecule has 26 heavy (non-hydrogen) atoms. The molecule has 0 bridgehead atoms. The summed E-state index contributed by atoms with van der Waals surface area (Å²) in [6.07, 6.45) is 1.20. The molecule has 0 amide bonds. The largest absolute Gasteiger partial charge is 0.508 e. The van der Waals surface area contributed by atoms with Gasteiger partial charge in [-0.1, -0.05) is 35.3 Å². The Hall–Kier alpha value is -1.46. The average Bonchev–Trinajstić information content (AvgIpc) is 2.60. The van der Waals surface area contributed by atoms with Crippen LogP contribution in [-0.2, 0) is 6.42 Å². The molecular formula is C20H26Cl2N2O2. The number of nitrogens with one attached hydrogen (secondary N) is 1. The molecule has 142 valence electrons. The molecule has 2 rings (SSSR count). The molecule has 2 aromatic carbocycles. The van der Waals surface area contributed by atoms with Crippen LogP contribution in [0, 0.1) is 0 Å². The van der Waals surface area contributed by atoms with Crippen LogP contribution in [-0.4, -0.2) is 41.8 Å². The number of anilines is 1. The van der Waals surface area contributed by atoms with Crippen LogP contribution in [0.2, 0.25) is 10.0 Å². The quantitative estimate of drug-likeness (QED) is 0.603. The fourth-order valence-corrected chi connectivity index (χ4v) is 3.53. The van der Waals surface area contributed by atoms with Crippen molar-refractivity contribution in [3.05, 3.63) is 57.6 Å². The highest BCUT2D eigenvalue weighted by Gasteiger charge is 2.18. The average molecular weight is 397 g/mol. The topological polar surface area (TPSA) is 55.7 Å². The molecule has 2 aromatic rings. The predicted molar refractivity (Wildman–Crippen MR) is 109 cm³/mol. The number of phenols is 1. The van der Waals surface area contributed by atoms with Gasteiger partial charge in [0.15, 0.2) is 0 Å². The molecule has 0 saturated heterocycles. The Morgan fingerprint density at radius 1 is 1.12 bits per heavy atom. The van der Waals surface area contributed by atoms with E-state index in [-0.39, 0.29) is 5.75 Å². The molecule has 0 aromatic heterocycles. The maximum Gasteiger partial charge on any atom is 0.115 e. The summed E-state index contributed by atoms with van der Waals surface area (Å²) in [7, 11) is 3.75. The van der Waals surface area contributed by atoms with Crippen molar-refractivity contribution in [3.8, 4) is 5.75 Å². The highest BCUT2D eigenvalue weighted by atomic mass is 35.5. The van der Waals surface area contributed by atoms with Gasteiger partial charge in [0.25, 0.3) is 0 Å². The van der Waals surface area contributed by atoms with Gasteiger partial charge < -0.3 is 20.4 Å². The lowest BCUT2D eigenvalue weighted by atomic mass is 10.0. The van der Waals surface area contributed by atoms with Gasteiger partial charge in [-0.15, -0.1) is 0 Å². The molecule has 0 spiro atoms. The summed E-state index contributed by atoms with van der Waals surface area (Å²) < 4.78 is 0. The minimum absolute atomic E-state index is 0.281. The highest BCUT2D eigenvalue weighted by Crippen LogP contribution is 2.33. The number of aliphatic hydroxyl groups is 1. The Morgan fingerprint density at radius 2 is 1.69 bits per heavy atom. The van der Waals surface area contributed by atoms with Crippen LogP contribution in [0.1, 0.15) is 30.6 Å². The first-order valence-corrected chi connectivity index (χ1v) is 9.40. The normalized spacial score (nSPS) is 13.7. The standard InChI is InChI=1S/C20H26Cl2N2O2/c1-13(4-5-14-6-8-16(25)9-7-14)24(3)12-19(26)15-10-17(21)20(23-2)18(22)11-15/h6-11,13,19,23,25-26H,4-5,12H2,1-3H3. The third-order valence-electron chi connectivity index (χ3n) is 4.70. The van der Waals surface area contributed by atoms with Crippen molar-refractivity contribution in [1.29, 1.82) is 0 Å². The highest BCUT2D eigenvalue weighted by molar-refractivity contribution is 6.39. The maximum absolute atomic E-state index is 10.6. The second kappa shape index (κ2) is 9.47. The molecule has 2 unspecified atom stereocenters. The molecule has 0 aliphatic carbocycles. The van der Waals surface area contributed by atoms with E-state index in [1.54, 1.807) is 31.3 Å². The first kappa shape index (κ1) is 20.8. The number of rotatable bonds is 8. The number of aromatic hydroxyl groups is 1. The molecule has 0 aliphatic rings. The number of hydrogen-bond donors (Lipinski definition) is 3. The van der Waals surface area contributed by atoms with Gasteiger partial charge in [0.05, 0.1) is 21.8 Å². The van der Waals surface area contributed by atoms with Crippen molar-refractivity contribution in [2.45, 2.75) is 31.9 Å². The van der Waals surface area contributed by atoms with E-state index in [1.165, 1.54) is 5.56 Å². The minimum atomic E-state index is -0.669. The fourth-order valence-electron chi connectivity index (χ4n) is 2.84. The minimum Gasteiger partial charge on any atom is -0.508 e. The smallest absolute Gasteiger partial charge is 0.115 e. The molecule has 0 radical (unpaired) electrons. The summed E-state index contributed by atoms with van der Waals surface area (Å²) in [5.74, 6) is 0.281. The van der Waals surface area contributed by atoms with E-state index in [0.29, 0.717) is 33.9 Å². The second-order valence-electron chi connectivity index (χ2n) is 6.62. The van der Waals surface area contributed by atoms with E-state index in [9.17, 15) is 10.2 Å². The number of aryl methyl sites for hydroxylation is 1. The Bertz CT molecular complexity index is 699. The first-order chi connectivity index (χ1) is 12.3. The summed E-state index contributed by atoms with van der Waals surface area (Å²) >= 11 is 12.4. The van der Waals surface area contributed by atoms with E-state index < -0.39 is 6.10 Å². The van der Waals surface area contributed by atoms with Crippen molar-refractivity contribution >= 4 is 28.9 Å². The zero-order valence-corrected chi connectivity index (χ0v) is 16.8. The second-order valence-corrected chi connectivity index (χ2v) is 7.43. The lowest BCUT2D eigenvalue weighted by molar-refractivity contribution is 0.106. The summed E-state index contributed by atoms with van der Waals surface area (Å²) in [5, 5.41) is 23.9. The summed E-state index contributed by atoms with van der Waals surface area (Å²) in [4.78, 5) is 2.12. The van der Waals surface area contributed by atoms with Gasteiger partial charge in [-0.05, 0) is 62.2 Å². The molecule has 6 heteroatoms. The van der Waals surface area contributed by atoms with E-state index in [0.717, 1.165) is 12.8 Å². The predicted octanol–water partition coefficient (Wildman–Crippen LogP) is 4.73. The van der Waals surface area contributed by atoms with E-state index in [2.05, 4.69) is 17.1 Å². The zero-order valence-electron chi connectivity index (χ0n) is 15.3. The Morgan fingerprint density at radius 3 is 2.23 bits per heavy atom. The van der Waals surface area contributed by atoms with Gasteiger partial charge in [0.2, 0.25) is 0 Å². The lowest BCUT2D eigenvalue weighted by Crippen LogP contribution is -2.33. The molecular weight excluding hydrogens is 371 g/mol. The molecule has 0 heterocycles. The number of benzene rings is 2. The van der Waals surface area contributed by atoms with E-state index in [1.807, 2.05) is 19.2 Å². The molecule has 3 N–H and O–H groups in total. The number of likely N-dealkylation sites (N-methyl/N-ethyl adjacent to an activating group) is 1. The van der Waals surface area contributed by atoms with Gasteiger partial charge in [-0.3, -0.25) is 0 Å². The third-order valence-corrected chi connectivity index (χ3v) is 5.30. The number of halogens is 2. The van der Waals surface area contributed by atoms with Crippen LogP contribution in [0.25, 0.3) is 0 Å². The van der Waals surface area contributed by atoms with Crippen LogP contribution >= 0.6 is 23.2 Å².